The van der Waals surface area contributed by atoms with E-state index in [9.17, 15) is 9.59 Å². The fraction of sp³-hybridized carbons (Fsp3) is 0.500. The summed E-state index contributed by atoms with van der Waals surface area (Å²) < 4.78 is 1.62. The minimum absolute atomic E-state index is 0. The molecular weight excluding hydrogens is 382 g/mol. The van der Waals surface area contributed by atoms with Crippen molar-refractivity contribution in [3.63, 3.8) is 0 Å². The summed E-state index contributed by atoms with van der Waals surface area (Å²) in [5.41, 5.74) is 1.47. The topological polar surface area (TPSA) is 54.3 Å². The summed E-state index contributed by atoms with van der Waals surface area (Å²) in [6.45, 7) is 3.23. The third-order valence-corrected chi connectivity index (χ3v) is 6.57. The van der Waals surface area contributed by atoms with Crippen LogP contribution >= 0.6 is 23.7 Å². The molecule has 1 unspecified atom stereocenters. The minimum atomic E-state index is -0.0501. The highest BCUT2D eigenvalue weighted by Gasteiger charge is 2.57. The van der Waals surface area contributed by atoms with E-state index in [0.717, 1.165) is 32.4 Å². The van der Waals surface area contributed by atoms with Gasteiger partial charge in [-0.25, -0.2) is 0 Å². The van der Waals surface area contributed by atoms with Crippen molar-refractivity contribution in [2.75, 3.05) is 13.1 Å². The van der Waals surface area contributed by atoms with E-state index in [0.29, 0.717) is 31.0 Å². The molecule has 27 heavy (non-hydrogen) atoms. The largest absolute Gasteiger partial charge is 0.335 e. The summed E-state index contributed by atoms with van der Waals surface area (Å²) >= 11 is 1.67. The van der Waals surface area contributed by atoms with E-state index in [1.165, 1.54) is 5.56 Å². The van der Waals surface area contributed by atoms with Gasteiger partial charge in [-0.2, -0.15) is 11.3 Å². The lowest BCUT2D eigenvalue weighted by Crippen LogP contribution is -2.39. The Morgan fingerprint density at radius 1 is 1.30 bits per heavy atom. The third-order valence-electron chi connectivity index (χ3n) is 5.84. The molecule has 146 valence electrons. The normalized spacial score (nSPS) is 20.1. The summed E-state index contributed by atoms with van der Waals surface area (Å²) in [6.07, 6.45) is 5.56. The van der Waals surface area contributed by atoms with Gasteiger partial charge in [0.05, 0.1) is 0 Å². The van der Waals surface area contributed by atoms with Crippen molar-refractivity contribution in [1.82, 2.24) is 14.8 Å². The lowest BCUT2D eigenvalue weighted by Gasteiger charge is -2.29. The van der Waals surface area contributed by atoms with Crippen molar-refractivity contribution < 1.29 is 4.79 Å². The number of halogens is 1. The fourth-order valence-corrected chi connectivity index (χ4v) is 4.85. The summed E-state index contributed by atoms with van der Waals surface area (Å²) in [4.78, 5) is 27.0. The molecule has 7 heteroatoms. The molecule has 1 aliphatic heterocycles. The molecule has 0 aromatic carbocycles. The quantitative estimate of drug-likeness (QED) is 0.801. The van der Waals surface area contributed by atoms with Crippen molar-refractivity contribution in [3.05, 3.63) is 57.1 Å². The van der Waals surface area contributed by atoms with Crippen molar-refractivity contribution in [3.8, 4) is 0 Å². The van der Waals surface area contributed by atoms with Gasteiger partial charge < -0.3 is 14.8 Å². The predicted molar refractivity (Wildman–Crippen MR) is 110 cm³/mol. The van der Waals surface area contributed by atoms with Crippen LogP contribution in [0.4, 0.5) is 0 Å². The van der Waals surface area contributed by atoms with Gasteiger partial charge in [0.1, 0.15) is 0 Å². The average Bonchev–Trinajstić information content (AvgIpc) is 3.08. The Morgan fingerprint density at radius 2 is 2.11 bits per heavy atom. The van der Waals surface area contributed by atoms with E-state index in [1.807, 2.05) is 6.07 Å². The van der Waals surface area contributed by atoms with Crippen molar-refractivity contribution in [1.29, 1.82) is 0 Å². The van der Waals surface area contributed by atoms with E-state index >= 15 is 0 Å². The number of thiophene rings is 1. The van der Waals surface area contributed by atoms with Gasteiger partial charge >= 0.3 is 0 Å². The molecule has 4 rings (SSSR count). The molecule has 2 fully saturated rings. The van der Waals surface area contributed by atoms with Crippen LogP contribution in [0.3, 0.4) is 0 Å². The number of pyridine rings is 1. The molecule has 1 N–H and O–H groups in total. The number of hydrogen-bond donors (Lipinski definition) is 1. The minimum Gasteiger partial charge on any atom is -0.335 e. The van der Waals surface area contributed by atoms with E-state index in [2.05, 4.69) is 27.0 Å². The van der Waals surface area contributed by atoms with Crippen molar-refractivity contribution in [2.45, 2.75) is 44.8 Å². The van der Waals surface area contributed by atoms with E-state index in [1.54, 1.807) is 34.2 Å². The molecule has 1 amide bonds. The lowest BCUT2D eigenvalue weighted by molar-refractivity contribution is -0.133. The zero-order chi connectivity index (χ0) is 18.0. The van der Waals surface area contributed by atoms with Crippen LogP contribution in [0.2, 0.25) is 0 Å². The monoisotopic (exact) mass is 407 g/mol. The summed E-state index contributed by atoms with van der Waals surface area (Å²) in [5, 5.41) is 7.62. The number of amides is 1. The predicted octanol–water partition coefficient (Wildman–Crippen LogP) is 2.89. The first-order valence-corrected chi connectivity index (χ1v) is 10.3. The van der Waals surface area contributed by atoms with Crippen LogP contribution in [0.15, 0.2) is 46.0 Å². The van der Waals surface area contributed by atoms with Crippen LogP contribution in [0.1, 0.15) is 31.2 Å². The molecule has 2 aromatic rings. The Morgan fingerprint density at radius 3 is 2.81 bits per heavy atom. The van der Waals surface area contributed by atoms with Crippen LogP contribution in [-0.4, -0.2) is 34.5 Å². The number of rotatable bonds is 6. The first kappa shape index (κ1) is 20.1. The number of hydrogen-bond acceptors (Lipinski definition) is 4. The molecule has 2 aromatic heterocycles. The maximum Gasteiger partial charge on any atom is 0.250 e. The highest BCUT2D eigenvalue weighted by molar-refractivity contribution is 7.07. The summed E-state index contributed by atoms with van der Waals surface area (Å²) in [7, 11) is 0. The average molecular weight is 408 g/mol. The molecule has 0 radical (unpaired) electrons. The second-order valence-corrected chi connectivity index (χ2v) is 8.25. The lowest BCUT2D eigenvalue weighted by atomic mass is 9.93. The van der Waals surface area contributed by atoms with Gasteiger partial charge in [-0.3, -0.25) is 9.59 Å². The van der Waals surface area contributed by atoms with Gasteiger partial charge in [-0.05, 0) is 66.2 Å². The number of nitrogens with zero attached hydrogens (tertiary/aromatic N) is 2. The zero-order valence-electron chi connectivity index (χ0n) is 15.3. The van der Waals surface area contributed by atoms with Gasteiger partial charge in [-0.15, -0.1) is 12.4 Å². The van der Waals surface area contributed by atoms with Crippen LogP contribution < -0.4 is 10.9 Å². The molecule has 1 atom stereocenters. The maximum absolute atomic E-state index is 13.1. The first-order valence-electron chi connectivity index (χ1n) is 9.35. The van der Waals surface area contributed by atoms with Crippen LogP contribution in [0.5, 0.6) is 0 Å². The molecule has 2 aliphatic rings. The first-order chi connectivity index (χ1) is 12.7. The molecule has 0 bridgehead atoms. The standard InChI is InChI=1S/C20H25N3O2S.ClH/c24-18-3-1-2-10-22(18)11-4-19(25)23(14-16-5-12-26-15-16)17-13-20(17)6-8-21-9-7-20;/h1-3,5,10,12,15,17,21H,4,6-9,11,13-14H2;1H. The van der Waals surface area contributed by atoms with Gasteiger partial charge in [0.2, 0.25) is 5.91 Å². The Labute approximate surface area is 169 Å². The van der Waals surface area contributed by atoms with E-state index < -0.39 is 0 Å². The molecule has 1 saturated heterocycles. The highest BCUT2D eigenvalue weighted by Crippen LogP contribution is 2.56. The fourth-order valence-electron chi connectivity index (χ4n) is 4.19. The number of carbonyl (C=O) groups is 1. The molecule has 1 saturated carbocycles. The Balaban J connectivity index is 0.00000210. The van der Waals surface area contributed by atoms with Crippen LogP contribution in [-0.2, 0) is 17.9 Å². The second kappa shape index (κ2) is 8.59. The maximum atomic E-state index is 13.1. The van der Waals surface area contributed by atoms with E-state index in [-0.39, 0.29) is 23.9 Å². The Bertz CT molecular complexity index is 815. The molecule has 3 heterocycles. The van der Waals surface area contributed by atoms with E-state index in [4.69, 9.17) is 0 Å². The molecule has 5 nitrogen and oxygen atoms in total. The molecule has 1 aliphatic carbocycles. The van der Waals surface area contributed by atoms with Crippen LogP contribution in [0, 0.1) is 5.41 Å². The SMILES string of the molecule is Cl.O=C(CCn1ccccc1=O)N(Cc1ccsc1)C1CC12CCNCC2. The van der Waals surface area contributed by atoms with Gasteiger partial charge in [-0.1, -0.05) is 6.07 Å². The second-order valence-electron chi connectivity index (χ2n) is 7.47. The van der Waals surface area contributed by atoms with Gasteiger partial charge in [0.15, 0.2) is 0 Å². The zero-order valence-corrected chi connectivity index (χ0v) is 16.9. The number of piperidine rings is 1. The van der Waals surface area contributed by atoms with Crippen LogP contribution in [0.25, 0.3) is 0 Å². The van der Waals surface area contributed by atoms with Gasteiger partial charge in [0.25, 0.3) is 5.56 Å². The van der Waals surface area contributed by atoms with Gasteiger partial charge in [0, 0.05) is 37.8 Å². The molecular formula is C20H26ClN3O2S. The number of carbonyl (C=O) groups excluding carboxylic acids is 1. The number of nitrogens with one attached hydrogen (secondary N) is 1. The smallest absolute Gasteiger partial charge is 0.250 e. The summed E-state index contributed by atoms with van der Waals surface area (Å²) in [5.74, 6) is 0.160. The highest BCUT2D eigenvalue weighted by atomic mass is 35.5. The Hall–Kier alpha value is -1.63. The summed E-state index contributed by atoms with van der Waals surface area (Å²) in [6, 6.07) is 7.56. The third kappa shape index (κ3) is 4.45. The number of aromatic nitrogens is 1. The number of aryl methyl sites for hydroxylation is 1. The van der Waals surface area contributed by atoms with Crippen molar-refractivity contribution >= 4 is 29.7 Å². The molecule has 1 spiro atoms. The van der Waals surface area contributed by atoms with Crippen molar-refractivity contribution in [2.24, 2.45) is 5.41 Å². The Kier molecular flexibility index (Phi) is 6.40.